The molecule has 1 atom stereocenters. The first-order chi connectivity index (χ1) is 8.56. The van der Waals surface area contributed by atoms with Crippen molar-refractivity contribution < 1.29 is 18.8 Å². The highest BCUT2D eigenvalue weighted by atomic mass is 31.2. The van der Waals surface area contributed by atoms with Gasteiger partial charge >= 0.3 is 5.97 Å². The summed E-state index contributed by atoms with van der Waals surface area (Å²) in [4.78, 5) is 11.4. The lowest BCUT2D eigenvalue weighted by Crippen LogP contribution is -2.13. The summed E-state index contributed by atoms with van der Waals surface area (Å²) in [5, 5.41) is 0.801. The zero-order chi connectivity index (χ0) is 13.4. The van der Waals surface area contributed by atoms with Crippen molar-refractivity contribution in [3.8, 4) is 0 Å². The Morgan fingerprint density at radius 1 is 1.22 bits per heavy atom. The fourth-order valence-corrected chi connectivity index (χ4v) is 3.16. The monoisotopic (exact) mass is 270 g/mol. The van der Waals surface area contributed by atoms with Crippen LogP contribution in [0.2, 0.25) is 0 Å². The van der Waals surface area contributed by atoms with E-state index < -0.39 is 7.14 Å². The maximum Gasteiger partial charge on any atom is 0.306 e. The van der Waals surface area contributed by atoms with Crippen LogP contribution in [0, 0.1) is 0 Å². The van der Waals surface area contributed by atoms with Gasteiger partial charge in [-0.3, -0.25) is 4.79 Å². The van der Waals surface area contributed by atoms with E-state index in [1.165, 1.54) is 0 Å². The lowest BCUT2D eigenvalue weighted by Gasteiger charge is -2.12. The van der Waals surface area contributed by atoms with Crippen LogP contribution in [0.4, 0.5) is 0 Å². The molecule has 0 aliphatic heterocycles. The van der Waals surface area contributed by atoms with Gasteiger partial charge in [0.2, 0.25) is 0 Å². The number of ether oxygens (including phenoxy) is 2. The third kappa shape index (κ3) is 5.03. The molecule has 100 valence electrons. The summed E-state index contributed by atoms with van der Waals surface area (Å²) in [7, 11) is -0.925. The second-order valence-electron chi connectivity index (χ2n) is 4.12. The van der Waals surface area contributed by atoms with Gasteiger partial charge in [-0.05, 0) is 6.66 Å². The average molecular weight is 270 g/mol. The molecule has 0 bridgehead atoms. The molecule has 1 aromatic carbocycles. The number of benzene rings is 1. The van der Waals surface area contributed by atoms with Crippen LogP contribution in [-0.2, 0) is 18.8 Å². The van der Waals surface area contributed by atoms with Crippen molar-refractivity contribution in [3.63, 3.8) is 0 Å². The number of methoxy groups -OCH3 is 1. The van der Waals surface area contributed by atoms with E-state index >= 15 is 0 Å². The lowest BCUT2D eigenvalue weighted by molar-refractivity contribution is -0.144. The number of hydrogen-bond acceptors (Lipinski definition) is 4. The minimum atomic E-state index is -2.47. The van der Waals surface area contributed by atoms with Gasteiger partial charge in [-0.1, -0.05) is 30.3 Å². The Morgan fingerprint density at radius 3 is 2.50 bits per heavy atom. The van der Waals surface area contributed by atoms with Gasteiger partial charge in [0.25, 0.3) is 0 Å². The van der Waals surface area contributed by atoms with Gasteiger partial charge in [-0.2, -0.15) is 0 Å². The van der Waals surface area contributed by atoms with E-state index in [9.17, 15) is 9.36 Å². The first kappa shape index (κ1) is 14.9. The number of esters is 1. The minimum absolute atomic E-state index is 0.173. The summed E-state index contributed by atoms with van der Waals surface area (Å²) in [5.41, 5.74) is 0. The van der Waals surface area contributed by atoms with E-state index in [-0.39, 0.29) is 19.0 Å². The van der Waals surface area contributed by atoms with E-state index in [0.717, 1.165) is 5.30 Å². The molecule has 4 nitrogen and oxygen atoms in total. The predicted molar refractivity (Wildman–Crippen MR) is 71.9 cm³/mol. The quantitative estimate of drug-likeness (QED) is 0.431. The molecule has 0 radical (unpaired) electrons. The first-order valence-electron chi connectivity index (χ1n) is 5.83. The maximum atomic E-state index is 12.4. The fourth-order valence-electron chi connectivity index (χ4n) is 1.49. The Labute approximate surface area is 108 Å². The zero-order valence-electron chi connectivity index (χ0n) is 10.8. The molecule has 5 heteroatoms. The van der Waals surface area contributed by atoms with Crippen LogP contribution in [0.3, 0.4) is 0 Å². The maximum absolute atomic E-state index is 12.4. The molecule has 0 saturated carbocycles. The molecule has 0 N–H and O–H groups in total. The van der Waals surface area contributed by atoms with Crippen molar-refractivity contribution in [2.24, 2.45) is 0 Å². The number of carbonyl (C=O) groups is 1. The van der Waals surface area contributed by atoms with Gasteiger partial charge in [-0.25, -0.2) is 0 Å². The van der Waals surface area contributed by atoms with Crippen LogP contribution >= 0.6 is 7.14 Å². The second kappa shape index (κ2) is 7.34. The lowest BCUT2D eigenvalue weighted by atomic mass is 10.4. The summed E-state index contributed by atoms with van der Waals surface area (Å²) in [6, 6.07) is 9.24. The van der Waals surface area contributed by atoms with Crippen LogP contribution in [0.5, 0.6) is 0 Å². The fraction of sp³-hybridized carbons (Fsp3) is 0.462. The normalized spacial score (nSPS) is 13.9. The molecule has 0 heterocycles. The van der Waals surface area contributed by atoms with Crippen molar-refractivity contribution in [2.75, 3.05) is 33.2 Å². The topological polar surface area (TPSA) is 52.6 Å². The molecular formula is C13H19O4P. The van der Waals surface area contributed by atoms with Crippen LogP contribution in [0.15, 0.2) is 30.3 Å². The molecule has 0 spiro atoms. The van der Waals surface area contributed by atoms with Crippen molar-refractivity contribution in [2.45, 2.75) is 6.42 Å². The van der Waals surface area contributed by atoms with Crippen molar-refractivity contribution >= 4 is 18.4 Å². The number of rotatable bonds is 7. The number of carbonyl (C=O) groups excluding carboxylic acids is 1. The summed E-state index contributed by atoms with van der Waals surface area (Å²) >= 11 is 0. The van der Waals surface area contributed by atoms with Crippen LogP contribution < -0.4 is 5.30 Å². The molecule has 18 heavy (non-hydrogen) atoms. The van der Waals surface area contributed by atoms with E-state index in [2.05, 4.69) is 0 Å². The Morgan fingerprint density at radius 2 is 1.89 bits per heavy atom. The molecule has 0 aliphatic carbocycles. The third-order valence-electron chi connectivity index (χ3n) is 2.60. The molecule has 0 aliphatic rings. The molecule has 1 unspecified atom stereocenters. The Balaban J connectivity index is 2.43. The average Bonchev–Trinajstić information content (AvgIpc) is 2.38. The van der Waals surface area contributed by atoms with E-state index in [0.29, 0.717) is 12.8 Å². The molecular weight excluding hydrogens is 251 g/mol. The van der Waals surface area contributed by atoms with Gasteiger partial charge in [0, 0.05) is 18.6 Å². The largest absolute Gasteiger partial charge is 0.463 e. The summed E-state index contributed by atoms with van der Waals surface area (Å²) < 4.78 is 22.1. The Hall–Kier alpha value is -1.12. The van der Waals surface area contributed by atoms with Gasteiger partial charge < -0.3 is 14.0 Å². The molecule has 0 saturated heterocycles. The molecule has 1 rings (SSSR count). The van der Waals surface area contributed by atoms with Crippen LogP contribution in [0.1, 0.15) is 6.42 Å². The van der Waals surface area contributed by atoms with E-state index in [1.807, 2.05) is 30.3 Å². The highest BCUT2D eigenvalue weighted by Crippen LogP contribution is 2.40. The predicted octanol–water partition coefficient (Wildman–Crippen LogP) is 1.88. The van der Waals surface area contributed by atoms with Crippen LogP contribution in [-0.4, -0.2) is 39.1 Å². The second-order valence-corrected chi connectivity index (χ2v) is 7.29. The third-order valence-corrected chi connectivity index (χ3v) is 5.06. The standard InChI is InChI=1S/C13H19O4P/c1-16-9-10-17-13(14)8-11-18(2,15)12-6-4-3-5-7-12/h3-7H,8-11H2,1-2H3. The molecule has 0 fully saturated rings. The Kier molecular flexibility index (Phi) is 6.10. The van der Waals surface area contributed by atoms with Gasteiger partial charge in [0.15, 0.2) is 0 Å². The highest BCUT2D eigenvalue weighted by Gasteiger charge is 2.19. The smallest absolute Gasteiger partial charge is 0.306 e. The number of hydrogen-bond donors (Lipinski definition) is 0. The summed E-state index contributed by atoms with van der Waals surface area (Å²) in [6.45, 7) is 2.33. The molecule has 0 amide bonds. The van der Waals surface area contributed by atoms with Gasteiger partial charge in [0.05, 0.1) is 13.0 Å². The van der Waals surface area contributed by atoms with E-state index in [1.54, 1.807) is 13.8 Å². The van der Waals surface area contributed by atoms with Crippen molar-refractivity contribution in [1.29, 1.82) is 0 Å². The molecule has 1 aromatic rings. The van der Waals surface area contributed by atoms with Crippen LogP contribution in [0.25, 0.3) is 0 Å². The SMILES string of the molecule is COCCOC(=O)CCP(C)(=O)c1ccccc1. The van der Waals surface area contributed by atoms with Gasteiger partial charge in [0.1, 0.15) is 13.7 Å². The molecule has 0 aromatic heterocycles. The minimum Gasteiger partial charge on any atom is -0.463 e. The van der Waals surface area contributed by atoms with Gasteiger partial charge in [-0.15, -0.1) is 0 Å². The first-order valence-corrected chi connectivity index (χ1v) is 8.17. The summed E-state index contributed by atoms with van der Waals surface area (Å²) in [5.74, 6) is -0.329. The zero-order valence-corrected chi connectivity index (χ0v) is 11.7. The van der Waals surface area contributed by atoms with Crippen molar-refractivity contribution in [3.05, 3.63) is 30.3 Å². The Bertz CT molecular complexity index is 416. The highest BCUT2D eigenvalue weighted by molar-refractivity contribution is 7.70. The van der Waals surface area contributed by atoms with Crippen molar-refractivity contribution in [1.82, 2.24) is 0 Å². The van der Waals surface area contributed by atoms with E-state index in [4.69, 9.17) is 9.47 Å². The summed E-state index contributed by atoms with van der Waals surface area (Å²) in [6.07, 6.45) is 0.509.